The summed E-state index contributed by atoms with van der Waals surface area (Å²) in [6, 6.07) is 3.69. The van der Waals surface area contributed by atoms with Gasteiger partial charge in [-0.2, -0.15) is 0 Å². The summed E-state index contributed by atoms with van der Waals surface area (Å²) < 4.78 is 5.53. The Bertz CT molecular complexity index is 681. The Morgan fingerprint density at radius 2 is 2.04 bits per heavy atom. The van der Waals surface area contributed by atoms with E-state index >= 15 is 0 Å². The van der Waals surface area contributed by atoms with E-state index in [0.717, 1.165) is 29.3 Å². The summed E-state index contributed by atoms with van der Waals surface area (Å²) in [5.41, 5.74) is 0.893. The Kier molecular flexibility index (Phi) is 10.3. The quantitative estimate of drug-likeness (QED) is 0.229. The van der Waals surface area contributed by atoms with Gasteiger partial charge in [-0.15, -0.1) is 35.3 Å². The fourth-order valence-electron chi connectivity index (χ4n) is 2.09. The number of amides is 1. The molecule has 0 bridgehead atoms. The number of hydrogen-bond acceptors (Lipinski definition) is 5. The van der Waals surface area contributed by atoms with Crippen molar-refractivity contribution >= 4 is 47.2 Å². The van der Waals surface area contributed by atoms with E-state index in [0.29, 0.717) is 31.5 Å². The molecule has 0 aliphatic heterocycles. The molecule has 2 aromatic rings. The van der Waals surface area contributed by atoms with Crippen LogP contribution in [0.4, 0.5) is 0 Å². The number of halogens is 1. The zero-order valence-electron chi connectivity index (χ0n) is 15.3. The van der Waals surface area contributed by atoms with Gasteiger partial charge in [0, 0.05) is 19.6 Å². The minimum atomic E-state index is -0.0230. The molecular weight excluding hydrogens is 465 g/mol. The van der Waals surface area contributed by atoms with E-state index in [9.17, 15) is 4.79 Å². The first-order valence-electron chi connectivity index (χ1n) is 8.37. The summed E-state index contributed by atoms with van der Waals surface area (Å²) in [5.74, 6) is 2.12. The van der Waals surface area contributed by atoms with Gasteiger partial charge in [0.05, 0.1) is 10.6 Å². The lowest BCUT2D eigenvalue weighted by molar-refractivity contribution is 0.0957. The number of guanidine groups is 1. The van der Waals surface area contributed by atoms with Crippen LogP contribution < -0.4 is 16.0 Å². The van der Waals surface area contributed by atoms with Crippen molar-refractivity contribution in [3.05, 3.63) is 39.7 Å². The highest BCUT2D eigenvalue weighted by molar-refractivity contribution is 14.0. The van der Waals surface area contributed by atoms with E-state index in [2.05, 4.69) is 25.9 Å². The summed E-state index contributed by atoms with van der Waals surface area (Å²) >= 11 is 1.44. The molecule has 9 heteroatoms. The minimum absolute atomic E-state index is 0. The highest BCUT2D eigenvalue weighted by atomic mass is 127. The largest absolute Gasteiger partial charge is 0.444 e. The van der Waals surface area contributed by atoms with Crippen LogP contribution in [0.15, 0.2) is 26.9 Å². The van der Waals surface area contributed by atoms with Gasteiger partial charge in [0.2, 0.25) is 5.89 Å². The molecule has 0 fully saturated rings. The Labute approximate surface area is 175 Å². The zero-order valence-corrected chi connectivity index (χ0v) is 18.4. The summed E-state index contributed by atoms with van der Waals surface area (Å²) in [6.07, 6.45) is 0.804. The SMILES string of the molecule is CCNC(=NCc1nc(C)c(C)o1)NCCCNC(=O)c1cccs1.I. The second-order valence-electron chi connectivity index (χ2n) is 5.46. The molecular formula is C17H26IN5O2S. The van der Waals surface area contributed by atoms with Crippen molar-refractivity contribution in [1.29, 1.82) is 0 Å². The van der Waals surface area contributed by atoms with Crippen molar-refractivity contribution in [2.45, 2.75) is 33.7 Å². The fourth-order valence-corrected chi connectivity index (χ4v) is 2.73. The summed E-state index contributed by atoms with van der Waals surface area (Å²) in [6.45, 7) is 8.30. The molecule has 0 radical (unpaired) electrons. The van der Waals surface area contributed by atoms with Crippen molar-refractivity contribution in [3.63, 3.8) is 0 Å². The van der Waals surface area contributed by atoms with Crippen molar-refractivity contribution < 1.29 is 9.21 Å². The van der Waals surface area contributed by atoms with E-state index in [4.69, 9.17) is 4.42 Å². The first-order valence-corrected chi connectivity index (χ1v) is 9.25. The van der Waals surface area contributed by atoms with Crippen LogP contribution in [0, 0.1) is 13.8 Å². The molecule has 2 heterocycles. The molecule has 26 heavy (non-hydrogen) atoms. The van der Waals surface area contributed by atoms with Gasteiger partial charge in [0.25, 0.3) is 5.91 Å². The highest BCUT2D eigenvalue weighted by Crippen LogP contribution is 2.09. The zero-order chi connectivity index (χ0) is 18.1. The average molecular weight is 491 g/mol. The molecule has 0 aliphatic carbocycles. The van der Waals surface area contributed by atoms with Gasteiger partial charge in [-0.25, -0.2) is 9.98 Å². The topological polar surface area (TPSA) is 91.6 Å². The van der Waals surface area contributed by atoms with Crippen molar-refractivity contribution in [2.75, 3.05) is 19.6 Å². The fraction of sp³-hybridized carbons (Fsp3) is 0.471. The van der Waals surface area contributed by atoms with Crippen LogP contribution in [0.2, 0.25) is 0 Å². The molecule has 3 N–H and O–H groups in total. The van der Waals surface area contributed by atoms with Gasteiger partial charge in [0.1, 0.15) is 12.3 Å². The maximum atomic E-state index is 11.8. The number of nitrogens with zero attached hydrogens (tertiary/aromatic N) is 2. The van der Waals surface area contributed by atoms with Gasteiger partial charge < -0.3 is 20.4 Å². The molecule has 144 valence electrons. The first kappa shape index (κ1) is 22.4. The van der Waals surface area contributed by atoms with Crippen LogP contribution in [-0.2, 0) is 6.54 Å². The maximum Gasteiger partial charge on any atom is 0.261 e. The van der Waals surface area contributed by atoms with E-state index in [-0.39, 0.29) is 29.9 Å². The third-order valence-electron chi connectivity index (χ3n) is 3.47. The third-order valence-corrected chi connectivity index (χ3v) is 4.33. The van der Waals surface area contributed by atoms with Gasteiger partial charge in [-0.05, 0) is 38.6 Å². The lowest BCUT2D eigenvalue weighted by atomic mass is 10.4. The molecule has 0 unspecified atom stereocenters. The normalized spacial score (nSPS) is 11.0. The lowest BCUT2D eigenvalue weighted by Crippen LogP contribution is -2.38. The Balaban J connectivity index is 0.00000338. The molecule has 0 aliphatic rings. The molecule has 0 atom stereocenters. The number of rotatable bonds is 8. The average Bonchev–Trinajstić information content (AvgIpc) is 3.22. The van der Waals surface area contributed by atoms with E-state index < -0.39 is 0 Å². The highest BCUT2D eigenvalue weighted by Gasteiger charge is 2.06. The van der Waals surface area contributed by atoms with E-state index in [1.165, 1.54) is 11.3 Å². The summed E-state index contributed by atoms with van der Waals surface area (Å²) in [4.78, 5) is 21.3. The molecule has 0 saturated heterocycles. The Morgan fingerprint density at radius 1 is 1.27 bits per heavy atom. The van der Waals surface area contributed by atoms with Crippen LogP contribution in [0.1, 0.15) is 40.4 Å². The molecule has 7 nitrogen and oxygen atoms in total. The number of carbonyl (C=O) groups excluding carboxylic acids is 1. The van der Waals surface area contributed by atoms with Gasteiger partial charge in [-0.3, -0.25) is 4.79 Å². The number of aryl methyl sites for hydroxylation is 2. The number of thiophene rings is 1. The predicted molar refractivity (Wildman–Crippen MR) is 115 cm³/mol. The van der Waals surface area contributed by atoms with Crippen molar-refractivity contribution in [2.24, 2.45) is 4.99 Å². The third kappa shape index (κ3) is 7.32. The first-order chi connectivity index (χ1) is 12.1. The van der Waals surface area contributed by atoms with Crippen LogP contribution in [0.25, 0.3) is 0 Å². The maximum absolute atomic E-state index is 11.8. The van der Waals surface area contributed by atoms with Gasteiger partial charge in [-0.1, -0.05) is 6.07 Å². The van der Waals surface area contributed by atoms with Crippen LogP contribution in [-0.4, -0.2) is 36.5 Å². The Hall–Kier alpha value is -1.62. The number of carbonyl (C=O) groups is 1. The number of oxazole rings is 1. The number of aromatic nitrogens is 1. The molecule has 0 spiro atoms. The monoisotopic (exact) mass is 491 g/mol. The van der Waals surface area contributed by atoms with Gasteiger partial charge >= 0.3 is 0 Å². The smallest absolute Gasteiger partial charge is 0.261 e. The number of hydrogen-bond donors (Lipinski definition) is 3. The molecule has 2 rings (SSSR count). The second kappa shape index (κ2) is 11.9. The number of aliphatic imine (C=N–C) groups is 1. The van der Waals surface area contributed by atoms with Crippen molar-refractivity contribution in [3.8, 4) is 0 Å². The molecule has 2 aromatic heterocycles. The van der Waals surface area contributed by atoms with Crippen LogP contribution in [0.3, 0.4) is 0 Å². The standard InChI is InChI=1S/C17H25N5O2S.HI/c1-4-18-17(21-11-15-22-12(2)13(3)24-15)20-9-6-8-19-16(23)14-7-5-10-25-14;/h5,7,10H,4,6,8-9,11H2,1-3H3,(H,19,23)(H2,18,20,21);1H. The number of nitrogens with one attached hydrogen (secondary N) is 3. The summed E-state index contributed by atoms with van der Waals surface area (Å²) in [7, 11) is 0. The minimum Gasteiger partial charge on any atom is -0.444 e. The van der Waals surface area contributed by atoms with E-state index in [1.807, 2.05) is 38.3 Å². The van der Waals surface area contributed by atoms with Crippen LogP contribution in [0.5, 0.6) is 0 Å². The molecule has 1 amide bonds. The van der Waals surface area contributed by atoms with Crippen LogP contribution >= 0.6 is 35.3 Å². The Morgan fingerprint density at radius 3 is 2.65 bits per heavy atom. The van der Waals surface area contributed by atoms with E-state index in [1.54, 1.807) is 0 Å². The predicted octanol–water partition coefficient (Wildman–Crippen LogP) is 2.85. The molecule has 0 aromatic carbocycles. The summed E-state index contributed by atoms with van der Waals surface area (Å²) in [5, 5.41) is 11.2. The lowest BCUT2D eigenvalue weighted by Gasteiger charge is -2.11. The molecule has 0 saturated carbocycles. The van der Waals surface area contributed by atoms with Crippen molar-refractivity contribution in [1.82, 2.24) is 20.9 Å². The van der Waals surface area contributed by atoms with Gasteiger partial charge in [0.15, 0.2) is 5.96 Å². The second-order valence-corrected chi connectivity index (χ2v) is 6.41.